The van der Waals surface area contributed by atoms with Gasteiger partial charge >= 0.3 is 8.80 Å². The van der Waals surface area contributed by atoms with Crippen molar-refractivity contribution in [2.45, 2.75) is 58.8 Å². The van der Waals surface area contributed by atoms with Crippen LogP contribution in [0.2, 0.25) is 0 Å². The molecule has 0 amide bonds. The van der Waals surface area contributed by atoms with Gasteiger partial charge in [-0.1, -0.05) is 43.5 Å². The van der Waals surface area contributed by atoms with E-state index in [2.05, 4.69) is 24.3 Å². The minimum Gasteiger partial charge on any atom is -0.370 e. The van der Waals surface area contributed by atoms with E-state index >= 15 is 0 Å². The van der Waals surface area contributed by atoms with Crippen molar-refractivity contribution in [2.24, 2.45) is 0 Å². The van der Waals surface area contributed by atoms with E-state index in [1.54, 1.807) is 0 Å². The lowest BCUT2D eigenvalue weighted by atomic mass is 9.84. The van der Waals surface area contributed by atoms with Crippen LogP contribution >= 0.6 is 0 Å². The monoisotopic (exact) mass is 322 g/mol. The fraction of sp³-hybridized carbons (Fsp3) is 0.667. The first kappa shape index (κ1) is 17.7. The van der Waals surface area contributed by atoms with Crippen molar-refractivity contribution in [1.29, 1.82) is 0 Å². The zero-order valence-corrected chi connectivity index (χ0v) is 15.3. The topological polar surface area (TPSA) is 27.7 Å². The third-order valence-electron chi connectivity index (χ3n) is 4.34. The van der Waals surface area contributed by atoms with Crippen molar-refractivity contribution >= 4 is 14.0 Å². The van der Waals surface area contributed by atoms with Crippen molar-refractivity contribution in [3.8, 4) is 0 Å². The van der Waals surface area contributed by atoms with E-state index in [1.807, 2.05) is 20.8 Å². The lowest BCUT2D eigenvalue weighted by molar-refractivity contribution is 0.0859. The molecule has 0 spiro atoms. The average Bonchev–Trinajstić information content (AvgIpc) is 2.56. The fourth-order valence-corrected chi connectivity index (χ4v) is 5.81. The summed E-state index contributed by atoms with van der Waals surface area (Å²) < 4.78 is 17.9. The summed E-state index contributed by atoms with van der Waals surface area (Å²) in [5.74, 6) is 0.727. The molecule has 0 aromatic heterocycles. The summed E-state index contributed by atoms with van der Waals surface area (Å²) in [6, 6.07) is 8.84. The summed E-state index contributed by atoms with van der Waals surface area (Å²) in [6.07, 6.45) is 6.77. The summed E-state index contributed by atoms with van der Waals surface area (Å²) in [6.45, 7) is 7.81. The molecule has 1 aliphatic carbocycles. The Morgan fingerprint density at radius 2 is 1.32 bits per heavy atom. The van der Waals surface area contributed by atoms with E-state index < -0.39 is 8.80 Å². The van der Waals surface area contributed by atoms with Gasteiger partial charge in [0.2, 0.25) is 0 Å². The molecule has 1 aromatic rings. The van der Waals surface area contributed by atoms with E-state index in [0.717, 1.165) is 11.1 Å². The second kappa shape index (κ2) is 8.82. The van der Waals surface area contributed by atoms with Crippen LogP contribution in [0.4, 0.5) is 0 Å². The molecule has 0 radical (unpaired) electrons. The van der Waals surface area contributed by atoms with E-state index in [4.69, 9.17) is 13.3 Å². The highest BCUT2D eigenvalue weighted by molar-refractivity contribution is 6.75. The largest absolute Gasteiger partial charge is 0.537 e. The number of rotatable bonds is 8. The molecule has 0 heterocycles. The van der Waals surface area contributed by atoms with Crippen LogP contribution in [-0.2, 0) is 13.3 Å². The van der Waals surface area contributed by atoms with Crippen LogP contribution in [0.1, 0.15) is 64.4 Å². The minimum atomic E-state index is -2.74. The smallest absolute Gasteiger partial charge is 0.370 e. The Balaban J connectivity index is 2.20. The molecule has 1 aromatic carbocycles. The minimum absolute atomic E-state index is 0.608. The second-order valence-corrected chi connectivity index (χ2v) is 8.37. The standard InChI is InChI=1S/C18H30O3Si/c1-4-19-22(20-5-2,21-6-3)18-14-12-17(13-15-18)16-10-8-7-9-11-16/h12-16H,4-11H2,1-3H3. The van der Waals surface area contributed by atoms with Gasteiger partial charge in [-0.15, -0.1) is 0 Å². The molecule has 0 aliphatic heterocycles. The zero-order valence-electron chi connectivity index (χ0n) is 14.3. The number of hydrogen-bond acceptors (Lipinski definition) is 3. The predicted molar refractivity (Wildman–Crippen MR) is 92.5 cm³/mol. The molecule has 0 saturated heterocycles. The quantitative estimate of drug-likeness (QED) is 0.677. The van der Waals surface area contributed by atoms with E-state index in [0.29, 0.717) is 19.8 Å². The molecule has 1 fully saturated rings. The Morgan fingerprint density at radius 1 is 0.818 bits per heavy atom. The van der Waals surface area contributed by atoms with Crippen molar-refractivity contribution < 1.29 is 13.3 Å². The molecule has 1 aliphatic rings. The van der Waals surface area contributed by atoms with Crippen LogP contribution in [-0.4, -0.2) is 28.6 Å². The first-order valence-corrected chi connectivity index (χ1v) is 10.5. The van der Waals surface area contributed by atoms with Crippen molar-refractivity contribution in [3.05, 3.63) is 29.8 Å². The van der Waals surface area contributed by atoms with Crippen LogP contribution in [0, 0.1) is 0 Å². The number of benzene rings is 1. The molecular weight excluding hydrogens is 292 g/mol. The van der Waals surface area contributed by atoms with E-state index in [9.17, 15) is 0 Å². The third-order valence-corrected chi connectivity index (χ3v) is 7.39. The summed E-state index contributed by atoms with van der Waals surface area (Å²) >= 11 is 0. The van der Waals surface area contributed by atoms with Crippen LogP contribution in [0.15, 0.2) is 24.3 Å². The molecule has 0 N–H and O–H groups in total. The second-order valence-electron chi connectivity index (χ2n) is 5.81. The van der Waals surface area contributed by atoms with Gasteiger partial charge in [0.1, 0.15) is 0 Å². The van der Waals surface area contributed by atoms with Crippen molar-refractivity contribution in [1.82, 2.24) is 0 Å². The summed E-state index contributed by atoms with van der Waals surface area (Å²) in [4.78, 5) is 0. The molecule has 1 saturated carbocycles. The molecule has 0 unspecified atom stereocenters. The predicted octanol–water partition coefficient (Wildman–Crippen LogP) is 3.99. The average molecular weight is 323 g/mol. The number of hydrogen-bond donors (Lipinski definition) is 0. The summed E-state index contributed by atoms with van der Waals surface area (Å²) in [5, 5.41) is 1.08. The van der Waals surface area contributed by atoms with Gasteiger partial charge < -0.3 is 13.3 Å². The lowest BCUT2D eigenvalue weighted by Crippen LogP contribution is -2.56. The van der Waals surface area contributed by atoms with Crippen LogP contribution in [0.3, 0.4) is 0 Å². The maximum absolute atomic E-state index is 5.98. The molecule has 124 valence electrons. The molecule has 0 atom stereocenters. The van der Waals surface area contributed by atoms with Gasteiger partial charge in [0, 0.05) is 25.0 Å². The Hall–Kier alpha value is -0.683. The summed E-state index contributed by atoms with van der Waals surface area (Å²) in [7, 11) is -2.74. The molecule has 2 rings (SSSR count). The van der Waals surface area contributed by atoms with Gasteiger partial charge in [0.15, 0.2) is 0 Å². The van der Waals surface area contributed by atoms with Crippen LogP contribution in [0.25, 0.3) is 0 Å². The Kier molecular flexibility index (Phi) is 7.08. The van der Waals surface area contributed by atoms with Crippen LogP contribution < -0.4 is 5.19 Å². The van der Waals surface area contributed by atoms with Crippen molar-refractivity contribution in [3.63, 3.8) is 0 Å². The molecule has 22 heavy (non-hydrogen) atoms. The van der Waals surface area contributed by atoms with Gasteiger partial charge in [-0.05, 0) is 45.1 Å². The maximum atomic E-state index is 5.98. The Labute approximate surface area is 136 Å². The van der Waals surface area contributed by atoms with E-state index in [1.165, 1.54) is 37.7 Å². The van der Waals surface area contributed by atoms with Crippen molar-refractivity contribution in [2.75, 3.05) is 19.8 Å². The molecule has 4 heteroatoms. The highest BCUT2D eigenvalue weighted by Gasteiger charge is 2.43. The highest BCUT2D eigenvalue weighted by Crippen LogP contribution is 2.32. The van der Waals surface area contributed by atoms with Crippen LogP contribution in [0.5, 0.6) is 0 Å². The maximum Gasteiger partial charge on any atom is 0.537 e. The molecule has 0 bridgehead atoms. The first-order valence-electron chi connectivity index (χ1n) is 8.78. The SMILES string of the molecule is CCO[Si](OCC)(OCC)c1ccc(C2CCCCC2)cc1. The lowest BCUT2D eigenvalue weighted by Gasteiger charge is -2.29. The Bertz CT molecular complexity index is 409. The highest BCUT2D eigenvalue weighted by atomic mass is 28.4. The first-order chi connectivity index (χ1) is 10.8. The third kappa shape index (κ3) is 4.19. The zero-order chi connectivity index (χ0) is 15.8. The van der Waals surface area contributed by atoms with Gasteiger partial charge in [0.25, 0.3) is 0 Å². The van der Waals surface area contributed by atoms with Gasteiger partial charge in [0.05, 0.1) is 0 Å². The summed E-state index contributed by atoms with van der Waals surface area (Å²) in [5.41, 5.74) is 1.45. The Morgan fingerprint density at radius 3 is 1.77 bits per heavy atom. The fourth-order valence-electron chi connectivity index (χ4n) is 3.34. The van der Waals surface area contributed by atoms with Gasteiger partial charge in [-0.25, -0.2) is 0 Å². The van der Waals surface area contributed by atoms with E-state index in [-0.39, 0.29) is 0 Å². The van der Waals surface area contributed by atoms with Gasteiger partial charge in [-0.2, -0.15) is 0 Å². The normalized spacial score (nSPS) is 16.9. The molecule has 3 nitrogen and oxygen atoms in total. The molecular formula is C18H30O3Si. The van der Waals surface area contributed by atoms with Gasteiger partial charge in [-0.3, -0.25) is 0 Å².